The molecule has 192 valence electrons. The fourth-order valence-corrected chi connectivity index (χ4v) is 3.99. The maximum atomic E-state index is 10.8. The van der Waals surface area contributed by atoms with Gasteiger partial charge < -0.3 is 10.4 Å². The number of aromatic hydroxyl groups is 1. The number of phenolic OH excluding ortho intramolecular Hbond substituents is 1. The first-order valence-corrected chi connectivity index (χ1v) is 13.5. The molecular formula is C26H44N4O3S. The minimum Gasteiger partial charge on any atom is -0.507 e. The number of nitro groups is 1. The summed E-state index contributed by atoms with van der Waals surface area (Å²) in [6.45, 7) is 3.05. The summed E-state index contributed by atoms with van der Waals surface area (Å²) in [6.07, 6.45) is 22.8. The highest BCUT2D eigenvalue weighted by molar-refractivity contribution is 7.80. The van der Waals surface area contributed by atoms with Crippen molar-refractivity contribution in [2.75, 3.05) is 6.54 Å². The van der Waals surface area contributed by atoms with Crippen LogP contribution in [0.4, 0.5) is 5.69 Å². The zero-order chi connectivity index (χ0) is 24.9. The van der Waals surface area contributed by atoms with Gasteiger partial charge in [-0.05, 0) is 24.7 Å². The molecule has 0 aromatic heterocycles. The molecule has 0 heterocycles. The van der Waals surface area contributed by atoms with Crippen LogP contribution >= 0.6 is 12.2 Å². The molecule has 0 radical (unpaired) electrons. The number of hydrogen-bond donors (Lipinski definition) is 3. The molecule has 0 amide bonds. The van der Waals surface area contributed by atoms with Crippen molar-refractivity contribution >= 4 is 29.2 Å². The number of nitrogens with one attached hydrogen (secondary N) is 2. The Hall–Kier alpha value is -2.22. The van der Waals surface area contributed by atoms with Crippen LogP contribution < -0.4 is 10.7 Å². The highest BCUT2D eigenvalue weighted by atomic mass is 32.1. The predicted molar refractivity (Wildman–Crippen MR) is 146 cm³/mol. The standard InChI is InChI=1S/C26H44N4O3S/c1-2-3-4-5-6-7-8-9-10-11-12-13-14-15-16-17-20-27-26(34)29-28-22-23-21-24(30(32)33)18-19-25(23)31/h18-19,21-22,31H,2-17,20H2,1H3,(H2,27,29,34). The molecule has 0 aliphatic rings. The van der Waals surface area contributed by atoms with Crippen LogP contribution in [0.25, 0.3) is 0 Å². The van der Waals surface area contributed by atoms with Gasteiger partial charge in [0.05, 0.1) is 11.1 Å². The zero-order valence-electron chi connectivity index (χ0n) is 20.9. The molecule has 0 saturated carbocycles. The van der Waals surface area contributed by atoms with Crippen molar-refractivity contribution in [2.24, 2.45) is 5.10 Å². The Kier molecular flexibility index (Phi) is 17.7. The maximum absolute atomic E-state index is 10.8. The Morgan fingerprint density at radius 3 is 1.94 bits per heavy atom. The van der Waals surface area contributed by atoms with Gasteiger partial charge in [0.25, 0.3) is 5.69 Å². The van der Waals surface area contributed by atoms with Crippen LogP contribution in [0.1, 0.15) is 115 Å². The van der Waals surface area contributed by atoms with Crippen molar-refractivity contribution in [2.45, 2.75) is 110 Å². The van der Waals surface area contributed by atoms with Gasteiger partial charge in [-0.3, -0.25) is 15.5 Å². The van der Waals surface area contributed by atoms with Crippen LogP contribution in [0.15, 0.2) is 23.3 Å². The fourth-order valence-electron chi connectivity index (χ4n) is 3.83. The molecule has 3 N–H and O–H groups in total. The van der Waals surface area contributed by atoms with Gasteiger partial charge in [-0.2, -0.15) is 5.10 Å². The van der Waals surface area contributed by atoms with Crippen LogP contribution in [-0.2, 0) is 0 Å². The molecule has 1 rings (SSSR count). The first kappa shape index (κ1) is 29.8. The Bertz CT molecular complexity index is 728. The monoisotopic (exact) mass is 492 g/mol. The number of non-ortho nitro benzene ring substituents is 1. The Labute approximate surface area is 211 Å². The van der Waals surface area contributed by atoms with Crippen LogP contribution in [0.2, 0.25) is 0 Å². The van der Waals surface area contributed by atoms with E-state index in [2.05, 4.69) is 22.8 Å². The summed E-state index contributed by atoms with van der Waals surface area (Å²) in [4.78, 5) is 10.3. The Morgan fingerprint density at radius 2 is 1.44 bits per heavy atom. The van der Waals surface area contributed by atoms with E-state index in [0.717, 1.165) is 13.0 Å². The second-order valence-corrected chi connectivity index (χ2v) is 9.34. The quantitative estimate of drug-likeness (QED) is 0.0578. The van der Waals surface area contributed by atoms with Gasteiger partial charge in [-0.1, -0.05) is 103 Å². The van der Waals surface area contributed by atoms with E-state index in [9.17, 15) is 15.2 Å². The number of phenols is 1. The van der Waals surface area contributed by atoms with Crippen LogP contribution in [0.3, 0.4) is 0 Å². The molecule has 0 spiro atoms. The summed E-state index contributed by atoms with van der Waals surface area (Å²) in [5.74, 6) is -0.0804. The first-order chi connectivity index (χ1) is 16.5. The molecule has 0 fully saturated rings. The highest BCUT2D eigenvalue weighted by Gasteiger charge is 2.08. The van der Waals surface area contributed by atoms with Crippen LogP contribution in [0, 0.1) is 10.1 Å². The molecule has 0 aliphatic heterocycles. The second kappa shape index (κ2) is 20.2. The molecule has 7 nitrogen and oxygen atoms in total. The lowest BCUT2D eigenvalue weighted by Crippen LogP contribution is -2.32. The van der Waals surface area contributed by atoms with Crippen molar-refractivity contribution in [3.8, 4) is 5.75 Å². The van der Waals surface area contributed by atoms with Gasteiger partial charge >= 0.3 is 0 Å². The van der Waals surface area contributed by atoms with E-state index in [4.69, 9.17) is 12.2 Å². The normalized spacial score (nSPS) is 11.1. The molecular weight excluding hydrogens is 448 g/mol. The number of nitrogens with zero attached hydrogens (tertiary/aromatic N) is 2. The van der Waals surface area contributed by atoms with Gasteiger partial charge in [-0.15, -0.1) is 0 Å². The predicted octanol–water partition coefficient (Wildman–Crippen LogP) is 7.36. The largest absolute Gasteiger partial charge is 0.507 e. The van der Waals surface area contributed by atoms with E-state index in [-0.39, 0.29) is 17.0 Å². The summed E-state index contributed by atoms with van der Waals surface area (Å²) < 4.78 is 0. The zero-order valence-corrected chi connectivity index (χ0v) is 21.7. The molecule has 0 aliphatic carbocycles. The molecule has 1 aromatic rings. The fraction of sp³-hybridized carbons (Fsp3) is 0.692. The number of hydrogen-bond acceptors (Lipinski definition) is 5. The van der Waals surface area contributed by atoms with Gasteiger partial charge in [0.1, 0.15) is 5.75 Å². The van der Waals surface area contributed by atoms with E-state index >= 15 is 0 Å². The van der Waals surface area contributed by atoms with E-state index < -0.39 is 4.92 Å². The number of unbranched alkanes of at least 4 members (excludes halogenated alkanes) is 15. The summed E-state index contributed by atoms with van der Waals surface area (Å²) in [5, 5.41) is 28.0. The SMILES string of the molecule is CCCCCCCCCCCCCCCCCCNC(=S)NN=Cc1cc([N+](=O)[O-])ccc1O. The lowest BCUT2D eigenvalue weighted by atomic mass is 10.0. The van der Waals surface area contributed by atoms with E-state index in [1.54, 1.807) is 0 Å². The number of benzene rings is 1. The lowest BCUT2D eigenvalue weighted by molar-refractivity contribution is -0.384. The molecule has 0 saturated heterocycles. The highest BCUT2D eigenvalue weighted by Crippen LogP contribution is 2.21. The van der Waals surface area contributed by atoms with Crippen molar-refractivity contribution in [3.05, 3.63) is 33.9 Å². The smallest absolute Gasteiger partial charge is 0.270 e. The number of nitro benzene ring substituents is 1. The van der Waals surface area contributed by atoms with Gasteiger partial charge in [0.15, 0.2) is 5.11 Å². The summed E-state index contributed by atoms with van der Waals surface area (Å²) in [5.41, 5.74) is 2.81. The molecule has 0 unspecified atom stereocenters. The van der Waals surface area contributed by atoms with Gasteiger partial charge in [0, 0.05) is 24.2 Å². The average Bonchev–Trinajstić information content (AvgIpc) is 2.82. The molecule has 1 aromatic carbocycles. The third-order valence-electron chi connectivity index (χ3n) is 5.91. The maximum Gasteiger partial charge on any atom is 0.270 e. The lowest BCUT2D eigenvalue weighted by Gasteiger charge is -2.07. The number of rotatable bonds is 20. The van der Waals surface area contributed by atoms with Crippen molar-refractivity contribution in [1.82, 2.24) is 10.7 Å². The van der Waals surface area contributed by atoms with Gasteiger partial charge in [-0.25, -0.2) is 0 Å². The Balaban J connectivity index is 1.92. The Morgan fingerprint density at radius 1 is 0.941 bits per heavy atom. The molecule has 0 atom stereocenters. The van der Waals surface area contributed by atoms with Crippen molar-refractivity contribution in [1.29, 1.82) is 0 Å². The molecule has 8 heteroatoms. The van der Waals surface area contributed by atoms with Crippen molar-refractivity contribution in [3.63, 3.8) is 0 Å². The number of thiocarbonyl (C=S) groups is 1. The minimum atomic E-state index is -0.519. The second-order valence-electron chi connectivity index (χ2n) is 8.93. The van der Waals surface area contributed by atoms with Crippen LogP contribution in [-0.4, -0.2) is 27.9 Å². The third-order valence-corrected chi connectivity index (χ3v) is 6.14. The van der Waals surface area contributed by atoms with Gasteiger partial charge in [0.2, 0.25) is 0 Å². The summed E-state index contributed by atoms with van der Waals surface area (Å²) in [7, 11) is 0. The number of hydrazone groups is 1. The summed E-state index contributed by atoms with van der Waals surface area (Å²) >= 11 is 5.17. The van der Waals surface area contributed by atoms with E-state index in [0.29, 0.717) is 5.11 Å². The molecule has 0 bridgehead atoms. The third kappa shape index (κ3) is 15.6. The average molecular weight is 493 g/mol. The first-order valence-electron chi connectivity index (χ1n) is 13.1. The van der Waals surface area contributed by atoms with Crippen molar-refractivity contribution < 1.29 is 10.0 Å². The topological polar surface area (TPSA) is 99.8 Å². The van der Waals surface area contributed by atoms with E-state index in [1.807, 2.05) is 0 Å². The van der Waals surface area contributed by atoms with E-state index in [1.165, 1.54) is 121 Å². The minimum absolute atomic E-state index is 0.0804. The summed E-state index contributed by atoms with van der Waals surface area (Å²) in [6, 6.07) is 3.77. The molecule has 34 heavy (non-hydrogen) atoms. The van der Waals surface area contributed by atoms with Crippen LogP contribution in [0.5, 0.6) is 5.75 Å².